The molecule has 0 atom stereocenters. The lowest BCUT2D eigenvalue weighted by atomic mass is 10.0. The van der Waals surface area contributed by atoms with Crippen molar-refractivity contribution in [1.82, 2.24) is 0 Å². The lowest BCUT2D eigenvalue weighted by Crippen LogP contribution is -2.23. The van der Waals surface area contributed by atoms with Crippen molar-refractivity contribution in [2.75, 3.05) is 7.11 Å². The zero-order valence-corrected chi connectivity index (χ0v) is 13.6. The fraction of sp³-hybridized carbons (Fsp3) is 0.222. The predicted octanol–water partition coefficient (Wildman–Crippen LogP) is 3.53. The second kappa shape index (κ2) is 6.70. The first-order valence-corrected chi connectivity index (χ1v) is 7.53. The van der Waals surface area contributed by atoms with Crippen LogP contribution >= 0.6 is 0 Å². The van der Waals surface area contributed by atoms with Crippen LogP contribution in [0.3, 0.4) is 0 Å². The predicted molar refractivity (Wildman–Crippen MR) is 82.9 cm³/mol. The first-order chi connectivity index (χ1) is 12.3. The van der Waals surface area contributed by atoms with Crippen LogP contribution < -0.4 is 9.47 Å². The van der Waals surface area contributed by atoms with Crippen LogP contribution in [-0.2, 0) is 28.7 Å². The third-order valence-electron chi connectivity index (χ3n) is 3.81. The molecule has 1 aliphatic rings. The van der Waals surface area contributed by atoms with E-state index in [-0.39, 0.29) is 24.3 Å². The molecule has 0 amide bonds. The Labute approximate surface area is 146 Å². The molecule has 0 fully saturated rings. The van der Waals surface area contributed by atoms with Gasteiger partial charge < -0.3 is 14.2 Å². The topological polar surface area (TPSA) is 61.8 Å². The summed E-state index contributed by atoms with van der Waals surface area (Å²) in [6.45, 7) is -0.0705. The standard InChI is InChI=1S/C18H13F3O5/c1-24-13-6-11-7-15(22)26-17(23)16(11)14(8-13)25-9-10-2-4-12(5-3-10)18(19,20)21/h2-6,8H,7,9H2,1H3. The van der Waals surface area contributed by atoms with E-state index in [0.717, 1.165) is 12.1 Å². The molecule has 0 bridgehead atoms. The van der Waals surface area contributed by atoms with Crippen molar-refractivity contribution < 1.29 is 37.0 Å². The van der Waals surface area contributed by atoms with Gasteiger partial charge in [-0.25, -0.2) is 4.79 Å². The Hall–Kier alpha value is -3.03. The number of benzene rings is 2. The van der Waals surface area contributed by atoms with Crippen molar-refractivity contribution >= 4 is 11.9 Å². The van der Waals surface area contributed by atoms with E-state index in [0.29, 0.717) is 16.9 Å². The zero-order chi connectivity index (χ0) is 18.9. The number of halogens is 3. The lowest BCUT2D eigenvalue weighted by Gasteiger charge is -2.19. The lowest BCUT2D eigenvalue weighted by molar-refractivity contribution is -0.138. The van der Waals surface area contributed by atoms with E-state index < -0.39 is 23.7 Å². The van der Waals surface area contributed by atoms with Crippen LogP contribution in [0.5, 0.6) is 11.5 Å². The quantitative estimate of drug-likeness (QED) is 0.612. The maximum Gasteiger partial charge on any atom is 0.416 e. The van der Waals surface area contributed by atoms with Crippen LogP contribution in [-0.4, -0.2) is 19.0 Å². The van der Waals surface area contributed by atoms with Crippen LogP contribution in [0.2, 0.25) is 0 Å². The van der Waals surface area contributed by atoms with Gasteiger partial charge in [0.25, 0.3) is 0 Å². The van der Waals surface area contributed by atoms with Crippen LogP contribution in [0.4, 0.5) is 13.2 Å². The molecule has 5 nitrogen and oxygen atoms in total. The Morgan fingerprint density at radius 3 is 2.42 bits per heavy atom. The maximum absolute atomic E-state index is 12.6. The molecule has 3 rings (SSSR count). The molecule has 8 heteroatoms. The van der Waals surface area contributed by atoms with Gasteiger partial charge in [-0.1, -0.05) is 12.1 Å². The molecule has 1 heterocycles. The Bertz CT molecular complexity index is 856. The largest absolute Gasteiger partial charge is 0.497 e. The number of ether oxygens (including phenoxy) is 3. The highest BCUT2D eigenvalue weighted by molar-refractivity contribution is 6.04. The number of rotatable bonds is 4. The first-order valence-electron chi connectivity index (χ1n) is 7.53. The second-order valence-corrected chi connectivity index (χ2v) is 5.58. The molecule has 136 valence electrons. The van der Waals surface area contributed by atoms with Gasteiger partial charge in [0.05, 0.1) is 19.1 Å². The molecule has 1 aliphatic heterocycles. The van der Waals surface area contributed by atoms with Crippen LogP contribution in [0.25, 0.3) is 0 Å². The molecular formula is C18H13F3O5. The van der Waals surface area contributed by atoms with E-state index in [9.17, 15) is 22.8 Å². The molecule has 0 saturated carbocycles. The summed E-state index contributed by atoms with van der Waals surface area (Å²) in [6, 6.07) is 7.48. The monoisotopic (exact) mass is 366 g/mol. The third kappa shape index (κ3) is 3.63. The molecule has 26 heavy (non-hydrogen) atoms. The number of methoxy groups -OCH3 is 1. The number of carbonyl (C=O) groups excluding carboxylic acids is 2. The van der Waals surface area contributed by atoms with Crippen molar-refractivity contribution in [1.29, 1.82) is 0 Å². The Morgan fingerprint density at radius 1 is 1.12 bits per heavy atom. The summed E-state index contributed by atoms with van der Waals surface area (Å²) in [7, 11) is 1.42. The number of carbonyl (C=O) groups is 2. The average Bonchev–Trinajstić information content (AvgIpc) is 2.58. The van der Waals surface area contributed by atoms with Gasteiger partial charge in [-0.2, -0.15) is 13.2 Å². The van der Waals surface area contributed by atoms with E-state index in [2.05, 4.69) is 4.74 Å². The summed E-state index contributed by atoms with van der Waals surface area (Å²) in [5.74, 6) is -0.990. The minimum Gasteiger partial charge on any atom is -0.497 e. The summed E-state index contributed by atoms with van der Waals surface area (Å²) in [4.78, 5) is 23.4. The first kappa shape index (κ1) is 17.8. The Morgan fingerprint density at radius 2 is 1.81 bits per heavy atom. The highest BCUT2D eigenvalue weighted by Gasteiger charge is 2.31. The van der Waals surface area contributed by atoms with Gasteiger partial charge in [-0.15, -0.1) is 0 Å². The number of fused-ring (bicyclic) bond motifs is 1. The number of alkyl halides is 3. The maximum atomic E-state index is 12.6. The van der Waals surface area contributed by atoms with E-state index in [1.165, 1.54) is 25.3 Å². The molecule has 0 saturated heterocycles. The van der Waals surface area contributed by atoms with Crippen LogP contribution in [0, 0.1) is 0 Å². The average molecular weight is 366 g/mol. The van der Waals surface area contributed by atoms with E-state index in [1.807, 2.05) is 0 Å². The number of hydrogen-bond acceptors (Lipinski definition) is 5. The Balaban J connectivity index is 1.85. The van der Waals surface area contributed by atoms with Crippen molar-refractivity contribution in [3.05, 3.63) is 58.7 Å². The smallest absolute Gasteiger partial charge is 0.416 e. The second-order valence-electron chi connectivity index (χ2n) is 5.58. The van der Waals surface area contributed by atoms with Crippen molar-refractivity contribution in [2.24, 2.45) is 0 Å². The third-order valence-corrected chi connectivity index (χ3v) is 3.81. The molecule has 0 aliphatic carbocycles. The summed E-state index contributed by atoms with van der Waals surface area (Å²) in [5.41, 5.74) is 0.238. The highest BCUT2D eigenvalue weighted by atomic mass is 19.4. The zero-order valence-electron chi connectivity index (χ0n) is 13.6. The molecule has 2 aromatic carbocycles. The van der Waals surface area contributed by atoms with Gasteiger partial charge in [0, 0.05) is 6.07 Å². The van der Waals surface area contributed by atoms with Crippen LogP contribution in [0.15, 0.2) is 36.4 Å². The van der Waals surface area contributed by atoms with Gasteiger partial charge in [0.1, 0.15) is 23.7 Å². The fourth-order valence-corrected chi connectivity index (χ4v) is 2.55. The summed E-state index contributed by atoms with van der Waals surface area (Å²) >= 11 is 0. The molecule has 0 unspecified atom stereocenters. The van der Waals surface area contributed by atoms with Gasteiger partial charge in [0.15, 0.2) is 0 Å². The van der Waals surface area contributed by atoms with E-state index in [4.69, 9.17) is 9.47 Å². The van der Waals surface area contributed by atoms with Crippen molar-refractivity contribution in [2.45, 2.75) is 19.2 Å². The number of hydrogen-bond donors (Lipinski definition) is 0. The number of esters is 2. The minimum absolute atomic E-state index is 0.0705. The molecule has 0 spiro atoms. The Kier molecular flexibility index (Phi) is 4.58. The normalized spacial score (nSPS) is 13.8. The highest BCUT2D eigenvalue weighted by Crippen LogP contribution is 2.33. The molecule has 2 aromatic rings. The van der Waals surface area contributed by atoms with Gasteiger partial charge in [0.2, 0.25) is 0 Å². The summed E-state index contributed by atoms with van der Waals surface area (Å²) < 4.78 is 53.1. The van der Waals surface area contributed by atoms with Gasteiger partial charge in [-0.3, -0.25) is 4.79 Å². The minimum atomic E-state index is -4.42. The van der Waals surface area contributed by atoms with Crippen molar-refractivity contribution in [3.63, 3.8) is 0 Å². The van der Waals surface area contributed by atoms with Crippen LogP contribution in [0.1, 0.15) is 27.0 Å². The van der Waals surface area contributed by atoms with E-state index in [1.54, 1.807) is 6.07 Å². The fourth-order valence-electron chi connectivity index (χ4n) is 2.55. The van der Waals surface area contributed by atoms with Crippen molar-refractivity contribution in [3.8, 4) is 11.5 Å². The number of cyclic esters (lactones) is 2. The SMILES string of the molecule is COc1cc2c(c(OCc3ccc(C(F)(F)F)cc3)c1)C(=O)OC(=O)C2. The molecule has 0 radical (unpaired) electrons. The van der Waals surface area contributed by atoms with Gasteiger partial charge in [-0.05, 0) is 29.3 Å². The van der Waals surface area contributed by atoms with E-state index >= 15 is 0 Å². The summed E-state index contributed by atoms with van der Waals surface area (Å²) in [6.07, 6.45) is -4.52. The molecular weight excluding hydrogens is 353 g/mol. The van der Waals surface area contributed by atoms with Gasteiger partial charge >= 0.3 is 18.1 Å². The molecule has 0 aromatic heterocycles. The summed E-state index contributed by atoms with van der Waals surface area (Å²) in [5, 5.41) is 0. The molecule has 0 N–H and O–H groups in total.